The molecule has 2 N–H and O–H groups in total. The number of aryl methyl sites for hydroxylation is 3. The molecule has 3 aromatic rings. The summed E-state index contributed by atoms with van der Waals surface area (Å²) in [6.45, 7) is 5.12. The molecular formula is C21H22N4O6S. The molecule has 0 aliphatic carbocycles. The van der Waals surface area contributed by atoms with E-state index in [1.807, 2.05) is 19.2 Å². The Labute approximate surface area is 187 Å². The van der Waals surface area contributed by atoms with Crippen LogP contribution >= 0.6 is 11.3 Å². The Morgan fingerprint density at radius 2 is 1.91 bits per heavy atom. The Bertz CT molecular complexity index is 1100. The van der Waals surface area contributed by atoms with E-state index in [1.165, 1.54) is 17.4 Å². The van der Waals surface area contributed by atoms with Crippen molar-refractivity contribution in [2.24, 2.45) is 0 Å². The second kappa shape index (κ2) is 10.5. The van der Waals surface area contributed by atoms with E-state index in [4.69, 9.17) is 14.0 Å². The number of benzene rings is 1. The lowest BCUT2D eigenvalue weighted by Gasteiger charge is -2.09. The van der Waals surface area contributed by atoms with Crippen molar-refractivity contribution in [3.8, 4) is 5.75 Å². The summed E-state index contributed by atoms with van der Waals surface area (Å²) in [7, 11) is 0. The molecule has 0 saturated carbocycles. The first-order valence-corrected chi connectivity index (χ1v) is 10.5. The molecule has 0 fully saturated rings. The first-order chi connectivity index (χ1) is 15.3. The molecule has 0 spiro atoms. The number of carbonyl (C=O) groups excluding carboxylic acids is 3. The smallest absolute Gasteiger partial charge is 0.338 e. The molecule has 2 amide bonds. The van der Waals surface area contributed by atoms with Crippen LogP contribution in [-0.4, -0.2) is 34.5 Å². The van der Waals surface area contributed by atoms with Crippen molar-refractivity contribution in [3.05, 3.63) is 62.9 Å². The normalized spacial score (nSPS) is 10.5. The third-order valence-electron chi connectivity index (χ3n) is 4.29. The Morgan fingerprint density at radius 3 is 2.59 bits per heavy atom. The molecular weight excluding hydrogens is 436 g/mol. The zero-order valence-electron chi connectivity index (χ0n) is 17.8. The summed E-state index contributed by atoms with van der Waals surface area (Å²) in [6, 6.07) is 6.39. The van der Waals surface area contributed by atoms with Crippen LogP contribution in [0.15, 0.2) is 34.2 Å². The molecule has 2 heterocycles. The van der Waals surface area contributed by atoms with Gasteiger partial charge in [-0.2, -0.15) is 0 Å². The van der Waals surface area contributed by atoms with Gasteiger partial charge in [0.25, 0.3) is 5.91 Å². The van der Waals surface area contributed by atoms with Crippen LogP contribution in [-0.2, 0) is 27.4 Å². The van der Waals surface area contributed by atoms with Crippen molar-refractivity contribution in [2.75, 3.05) is 6.61 Å². The van der Waals surface area contributed by atoms with Crippen molar-refractivity contribution in [2.45, 2.75) is 33.8 Å². The van der Waals surface area contributed by atoms with Crippen LogP contribution in [0.1, 0.15) is 38.1 Å². The maximum Gasteiger partial charge on any atom is 0.338 e. The van der Waals surface area contributed by atoms with Crippen molar-refractivity contribution in [3.63, 3.8) is 0 Å². The second-order valence-electron chi connectivity index (χ2n) is 6.85. The SMILES string of the molecule is Cc1csc(CC(=O)NNC(=O)COC(=O)c2cccc(OCc3c(C)noc3C)c2)n1. The number of esters is 1. The molecule has 0 unspecified atom stereocenters. The van der Waals surface area contributed by atoms with Gasteiger partial charge in [-0.3, -0.25) is 20.4 Å². The maximum atomic E-state index is 12.2. The van der Waals surface area contributed by atoms with Crippen molar-refractivity contribution >= 4 is 29.1 Å². The molecule has 168 valence electrons. The van der Waals surface area contributed by atoms with Crippen LogP contribution in [0.3, 0.4) is 0 Å². The highest BCUT2D eigenvalue weighted by Gasteiger charge is 2.14. The molecule has 3 rings (SSSR count). The summed E-state index contributed by atoms with van der Waals surface area (Å²) in [5.74, 6) is -0.686. The van der Waals surface area contributed by atoms with Gasteiger partial charge >= 0.3 is 5.97 Å². The summed E-state index contributed by atoms with van der Waals surface area (Å²) in [5.41, 5.74) is 7.07. The van der Waals surface area contributed by atoms with Crippen LogP contribution in [0.5, 0.6) is 5.75 Å². The Morgan fingerprint density at radius 1 is 1.12 bits per heavy atom. The summed E-state index contributed by atoms with van der Waals surface area (Å²) >= 11 is 1.36. The largest absolute Gasteiger partial charge is 0.489 e. The number of hydrogen-bond acceptors (Lipinski definition) is 9. The zero-order chi connectivity index (χ0) is 23.1. The zero-order valence-corrected chi connectivity index (χ0v) is 18.6. The molecule has 32 heavy (non-hydrogen) atoms. The van der Waals surface area contributed by atoms with Crippen molar-refractivity contribution in [1.82, 2.24) is 21.0 Å². The number of hydrogen-bond donors (Lipinski definition) is 2. The first kappa shape index (κ1) is 22.9. The molecule has 0 saturated heterocycles. The molecule has 0 atom stereocenters. The number of carbonyl (C=O) groups is 3. The predicted molar refractivity (Wildman–Crippen MR) is 114 cm³/mol. The first-order valence-electron chi connectivity index (χ1n) is 9.62. The molecule has 0 radical (unpaired) electrons. The van der Waals surface area contributed by atoms with Gasteiger partial charge in [-0.05, 0) is 39.0 Å². The minimum atomic E-state index is -0.701. The molecule has 0 aliphatic rings. The number of nitrogens with one attached hydrogen (secondary N) is 2. The van der Waals surface area contributed by atoms with E-state index in [-0.39, 0.29) is 18.6 Å². The highest BCUT2D eigenvalue weighted by molar-refractivity contribution is 7.09. The topological polar surface area (TPSA) is 133 Å². The number of rotatable bonds is 8. The van der Waals surface area contributed by atoms with Gasteiger partial charge in [-0.15, -0.1) is 11.3 Å². The van der Waals surface area contributed by atoms with Crippen LogP contribution in [0.4, 0.5) is 0 Å². The van der Waals surface area contributed by atoms with E-state index in [0.29, 0.717) is 16.5 Å². The van der Waals surface area contributed by atoms with Crippen LogP contribution in [0, 0.1) is 20.8 Å². The minimum absolute atomic E-state index is 0.0410. The predicted octanol–water partition coefficient (Wildman–Crippen LogP) is 2.18. The van der Waals surface area contributed by atoms with Crippen LogP contribution in [0.2, 0.25) is 0 Å². The van der Waals surface area contributed by atoms with Gasteiger partial charge in [0.2, 0.25) is 5.91 Å². The standard InChI is InChI=1S/C21H22N4O6S/c1-12-11-32-20(22-12)8-18(26)23-24-19(27)10-30-21(28)15-5-4-6-16(7-15)29-9-17-13(2)25-31-14(17)3/h4-7,11H,8-10H2,1-3H3,(H,23,26)(H,24,27). The van der Waals surface area contributed by atoms with E-state index in [9.17, 15) is 14.4 Å². The molecule has 0 aliphatic heterocycles. The Balaban J connectivity index is 1.43. The van der Waals surface area contributed by atoms with Gasteiger partial charge in [0.1, 0.15) is 23.1 Å². The Hall–Kier alpha value is -3.73. The lowest BCUT2D eigenvalue weighted by atomic mass is 10.2. The number of hydrazine groups is 1. The number of nitrogens with zero attached hydrogens (tertiary/aromatic N) is 2. The van der Waals surface area contributed by atoms with Crippen molar-refractivity contribution in [1.29, 1.82) is 0 Å². The van der Waals surface area contributed by atoms with E-state index in [2.05, 4.69) is 21.0 Å². The van der Waals surface area contributed by atoms with Gasteiger partial charge in [-0.1, -0.05) is 11.2 Å². The Kier molecular flexibility index (Phi) is 7.55. The maximum absolute atomic E-state index is 12.2. The van der Waals surface area contributed by atoms with E-state index >= 15 is 0 Å². The van der Waals surface area contributed by atoms with E-state index in [0.717, 1.165) is 17.0 Å². The monoisotopic (exact) mass is 458 g/mol. The lowest BCUT2D eigenvalue weighted by molar-refractivity contribution is -0.130. The average molecular weight is 458 g/mol. The average Bonchev–Trinajstić information content (AvgIpc) is 3.33. The summed E-state index contributed by atoms with van der Waals surface area (Å²) in [4.78, 5) is 40.1. The van der Waals surface area contributed by atoms with Gasteiger partial charge in [0.15, 0.2) is 6.61 Å². The van der Waals surface area contributed by atoms with Gasteiger partial charge in [0, 0.05) is 11.1 Å². The number of thiazole rings is 1. The number of ether oxygens (including phenoxy) is 2. The summed E-state index contributed by atoms with van der Waals surface area (Å²) in [6.07, 6.45) is 0.0410. The summed E-state index contributed by atoms with van der Waals surface area (Å²) in [5, 5.41) is 6.33. The third-order valence-corrected chi connectivity index (χ3v) is 5.25. The number of amides is 2. The lowest BCUT2D eigenvalue weighted by Crippen LogP contribution is -2.44. The second-order valence-corrected chi connectivity index (χ2v) is 7.79. The van der Waals surface area contributed by atoms with Crippen molar-refractivity contribution < 1.29 is 28.4 Å². The van der Waals surface area contributed by atoms with Gasteiger partial charge < -0.3 is 14.0 Å². The van der Waals surface area contributed by atoms with Gasteiger partial charge in [0.05, 0.1) is 23.2 Å². The minimum Gasteiger partial charge on any atom is -0.489 e. The van der Waals surface area contributed by atoms with Gasteiger partial charge in [-0.25, -0.2) is 9.78 Å². The summed E-state index contributed by atoms with van der Waals surface area (Å²) < 4.78 is 15.8. The van der Waals surface area contributed by atoms with E-state index < -0.39 is 24.4 Å². The molecule has 2 aromatic heterocycles. The van der Waals surface area contributed by atoms with E-state index in [1.54, 1.807) is 25.1 Å². The third kappa shape index (κ3) is 6.38. The molecule has 1 aromatic carbocycles. The molecule has 0 bridgehead atoms. The fourth-order valence-electron chi connectivity index (χ4n) is 2.63. The quantitative estimate of drug-likeness (QED) is 0.388. The fourth-order valence-corrected chi connectivity index (χ4v) is 3.40. The van der Waals surface area contributed by atoms with Crippen LogP contribution < -0.4 is 15.6 Å². The van der Waals surface area contributed by atoms with Crippen LogP contribution in [0.25, 0.3) is 0 Å². The highest BCUT2D eigenvalue weighted by Crippen LogP contribution is 2.19. The molecule has 11 heteroatoms. The number of aromatic nitrogens is 2. The fraction of sp³-hybridized carbons (Fsp3) is 0.286. The molecule has 10 nitrogen and oxygen atoms in total. The highest BCUT2D eigenvalue weighted by atomic mass is 32.1.